The SMILES string of the molecule is COCCC/C=C/C1=CC(C)CC=C1. The fourth-order valence-corrected chi connectivity index (χ4v) is 1.55. The van der Waals surface area contributed by atoms with Crippen molar-refractivity contribution < 1.29 is 4.74 Å². The van der Waals surface area contributed by atoms with Crippen LogP contribution in [0.3, 0.4) is 0 Å². The van der Waals surface area contributed by atoms with Crippen LogP contribution in [0.1, 0.15) is 26.2 Å². The Morgan fingerprint density at radius 1 is 1.57 bits per heavy atom. The molecule has 0 aromatic heterocycles. The van der Waals surface area contributed by atoms with E-state index < -0.39 is 0 Å². The van der Waals surface area contributed by atoms with Gasteiger partial charge in [0.25, 0.3) is 0 Å². The van der Waals surface area contributed by atoms with Crippen LogP contribution in [-0.4, -0.2) is 13.7 Å². The molecule has 1 aliphatic rings. The lowest BCUT2D eigenvalue weighted by atomic mass is 9.98. The van der Waals surface area contributed by atoms with Crippen LogP contribution < -0.4 is 0 Å². The van der Waals surface area contributed by atoms with Crippen molar-refractivity contribution in [2.24, 2.45) is 5.92 Å². The van der Waals surface area contributed by atoms with Crippen molar-refractivity contribution in [1.29, 1.82) is 0 Å². The van der Waals surface area contributed by atoms with Crippen LogP contribution in [-0.2, 0) is 4.74 Å². The van der Waals surface area contributed by atoms with Gasteiger partial charge in [0, 0.05) is 13.7 Å². The lowest BCUT2D eigenvalue weighted by molar-refractivity contribution is 0.196. The average Bonchev–Trinajstić information content (AvgIpc) is 2.18. The summed E-state index contributed by atoms with van der Waals surface area (Å²) in [4.78, 5) is 0. The molecule has 0 spiro atoms. The Kier molecular flexibility index (Phi) is 5.31. The maximum absolute atomic E-state index is 4.99. The molecule has 0 N–H and O–H groups in total. The van der Waals surface area contributed by atoms with E-state index in [4.69, 9.17) is 4.74 Å². The van der Waals surface area contributed by atoms with Gasteiger partial charge in [-0.05, 0) is 30.8 Å². The van der Waals surface area contributed by atoms with Crippen LogP contribution >= 0.6 is 0 Å². The van der Waals surface area contributed by atoms with Gasteiger partial charge in [0.2, 0.25) is 0 Å². The van der Waals surface area contributed by atoms with E-state index in [1.807, 2.05) is 0 Å². The Morgan fingerprint density at radius 3 is 3.14 bits per heavy atom. The monoisotopic (exact) mass is 192 g/mol. The molecule has 0 aliphatic heterocycles. The second-order valence-electron chi connectivity index (χ2n) is 3.82. The molecule has 0 saturated heterocycles. The van der Waals surface area contributed by atoms with E-state index in [9.17, 15) is 0 Å². The molecule has 0 heterocycles. The van der Waals surface area contributed by atoms with Crippen molar-refractivity contribution in [2.75, 3.05) is 13.7 Å². The predicted octanol–water partition coefficient (Wildman–Crippen LogP) is 3.49. The van der Waals surface area contributed by atoms with E-state index in [1.165, 1.54) is 12.0 Å². The molecular weight excluding hydrogens is 172 g/mol. The average molecular weight is 192 g/mol. The standard InChI is InChI=1S/C13H20O/c1-12-7-6-9-13(11-12)8-4-3-5-10-14-2/h4,6,8-9,11-12H,3,5,7,10H2,1-2H3/b8-4+. The second kappa shape index (κ2) is 6.61. The Hall–Kier alpha value is -0.820. The Bertz CT molecular complexity index is 236. The van der Waals surface area contributed by atoms with Crippen molar-refractivity contribution in [2.45, 2.75) is 26.2 Å². The van der Waals surface area contributed by atoms with Crippen molar-refractivity contribution in [1.82, 2.24) is 0 Å². The summed E-state index contributed by atoms with van der Waals surface area (Å²) < 4.78 is 4.99. The topological polar surface area (TPSA) is 9.23 Å². The summed E-state index contributed by atoms with van der Waals surface area (Å²) in [6.07, 6.45) is 14.6. The van der Waals surface area contributed by atoms with Crippen LogP contribution in [0.4, 0.5) is 0 Å². The molecule has 0 saturated carbocycles. The second-order valence-corrected chi connectivity index (χ2v) is 3.82. The van der Waals surface area contributed by atoms with Gasteiger partial charge in [-0.15, -0.1) is 0 Å². The molecular formula is C13H20O. The number of methoxy groups -OCH3 is 1. The first kappa shape index (κ1) is 11.3. The van der Waals surface area contributed by atoms with Gasteiger partial charge in [0.05, 0.1) is 0 Å². The van der Waals surface area contributed by atoms with Gasteiger partial charge in [0.15, 0.2) is 0 Å². The number of hydrogen-bond donors (Lipinski definition) is 0. The highest BCUT2D eigenvalue weighted by Crippen LogP contribution is 2.16. The Morgan fingerprint density at radius 2 is 2.43 bits per heavy atom. The number of unbranched alkanes of at least 4 members (excludes halogenated alkanes) is 1. The molecule has 0 bridgehead atoms. The van der Waals surface area contributed by atoms with Gasteiger partial charge < -0.3 is 4.74 Å². The maximum atomic E-state index is 4.99. The highest BCUT2D eigenvalue weighted by molar-refractivity contribution is 5.33. The van der Waals surface area contributed by atoms with Gasteiger partial charge in [-0.25, -0.2) is 0 Å². The fraction of sp³-hybridized carbons (Fsp3) is 0.538. The first-order valence-electron chi connectivity index (χ1n) is 5.37. The third kappa shape index (κ3) is 4.43. The zero-order chi connectivity index (χ0) is 10.2. The van der Waals surface area contributed by atoms with Crippen LogP contribution in [0.2, 0.25) is 0 Å². The molecule has 14 heavy (non-hydrogen) atoms. The minimum Gasteiger partial charge on any atom is -0.385 e. The molecule has 0 amide bonds. The molecule has 1 heteroatoms. The van der Waals surface area contributed by atoms with E-state index in [0.29, 0.717) is 5.92 Å². The minimum atomic E-state index is 0.693. The highest BCUT2D eigenvalue weighted by Gasteiger charge is 2.00. The van der Waals surface area contributed by atoms with E-state index in [2.05, 4.69) is 37.3 Å². The number of hydrogen-bond acceptors (Lipinski definition) is 1. The molecule has 0 aromatic carbocycles. The Labute approximate surface area is 87.2 Å². The summed E-state index contributed by atoms with van der Waals surface area (Å²) in [6, 6.07) is 0. The van der Waals surface area contributed by atoms with Gasteiger partial charge in [-0.1, -0.05) is 37.3 Å². The van der Waals surface area contributed by atoms with Crippen molar-refractivity contribution in [3.63, 3.8) is 0 Å². The number of rotatable bonds is 5. The summed E-state index contributed by atoms with van der Waals surface area (Å²) in [5, 5.41) is 0. The van der Waals surface area contributed by atoms with E-state index >= 15 is 0 Å². The summed E-state index contributed by atoms with van der Waals surface area (Å²) in [5.41, 5.74) is 1.35. The lowest BCUT2D eigenvalue weighted by Gasteiger charge is -2.08. The summed E-state index contributed by atoms with van der Waals surface area (Å²) in [6.45, 7) is 3.11. The van der Waals surface area contributed by atoms with Gasteiger partial charge in [-0.3, -0.25) is 0 Å². The largest absolute Gasteiger partial charge is 0.385 e. The third-order valence-corrected chi connectivity index (χ3v) is 2.32. The van der Waals surface area contributed by atoms with Gasteiger partial charge in [-0.2, -0.15) is 0 Å². The highest BCUT2D eigenvalue weighted by atomic mass is 16.5. The van der Waals surface area contributed by atoms with Gasteiger partial charge >= 0.3 is 0 Å². The van der Waals surface area contributed by atoms with E-state index in [0.717, 1.165) is 19.4 Å². The van der Waals surface area contributed by atoms with Crippen LogP contribution in [0.25, 0.3) is 0 Å². The van der Waals surface area contributed by atoms with Crippen molar-refractivity contribution >= 4 is 0 Å². The Balaban J connectivity index is 2.25. The van der Waals surface area contributed by atoms with E-state index in [1.54, 1.807) is 7.11 Å². The van der Waals surface area contributed by atoms with Gasteiger partial charge in [0.1, 0.15) is 0 Å². The summed E-state index contributed by atoms with van der Waals surface area (Å²) in [5.74, 6) is 0.693. The maximum Gasteiger partial charge on any atom is 0.0465 e. The molecule has 0 fully saturated rings. The van der Waals surface area contributed by atoms with Crippen LogP contribution in [0, 0.1) is 5.92 Å². The molecule has 78 valence electrons. The van der Waals surface area contributed by atoms with Crippen molar-refractivity contribution in [3.05, 3.63) is 36.0 Å². The predicted molar refractivity (Wildman–Crippen MR) is 61.3 cm³/mol. The normalized spacial score (nSPS) is 21.6. The molecule has 0 aromatic rings. The molecule has 1 atom stereocenters. The fourth-order valence-electron chi connectivity index (χ4n) is 1.55. The summed E-state index contributed by atoms with van der Waals surface area (Å²) in [7, 11) is 1.75. The number of allylic oxidation sites excluding steroid dienone is 6. The van der Waals surface area contributed by atoms with Crippen molar-refractivity contribution in [3.8, 4) is 0 Å². The molecule has 1 unspecified atom stereocenters. The quantitative estimate of drug-likeness (QED) is 0.606. The molecule has 0 radical (unpaired) electrons. The lowest BCUT2D eigenvalue weighted by Crippen LogP contribution is -1.93. The minimum absolute atomic E-state index is 0.693. The van der Waals surface area contributed by atoms with Crippen LogP contribution in [0.15, 0.2) is 36.0 Å². The molecule has 1 aliphatic carbocycles. The van der Waals surface area contributed by atoms with Crippen LogP contribution in [0.5, 0.6) is 0 Å². The zero-order valence-electron chi connectivity index (χ0n) is 9.20. The first-order chi connectivity index (χ1) is 6.83. The number of ether oxygens (including phenoxy) is 1. The third-order valence-electron chi connectivity index (χ3n) is 2.32. The smallest absolute Gasteiger partial charge is 0.0465 e. The molecule has 1 rings (SSSR count). The first-order valence-corrected chi connectivity index (χ1v) is 5.37. The summed E-state index contributed by atoms with van der Waals surface area (Å²) >= 11 is 0. The van der Waals surface area contributed by atoms with E-state index in [-0.39, 0.29) is 0 Å². The molecule has 1 nitrogen and oxygen atoms in total. The zero-order valence-corrected chi connectivity index (χ0v) is 9.20.